The lowest BCUT2D eigenvalue weighted by atomic mass is 9.95. The van der Waals surface area contributed by atoms with E-state index in [2.05, 4.69) is 29.5 Å². The Hall–Kier alpha value is -1.95. The van der Waals surface area contributed by atoms with Crippen LogP contribution < -0.4 is 10.6 Å². The lowest BCUT2D eigenvalue weighted by molar-refractivity contribution is 0.572. The molecule has 0 spiro atoms. The fourth-order valence-electron chi connectivity index (χ4n) is 3.04. The molecule has 1 aliphatic carbocycles. The molecule has 140 valence electrons. The molecule has 0 saturated heterocycles. The molecule has 0 amide bonds. The van der Waals surface area contributed by atoms with Crippen LogP contribution in [-0.2, 0) is 18.3 Å². The molecule has 6 heteroatoms. The highest BCUT2D eigenvalue weighted by Crippen LogP contribution is 2.49. The van der Waals surface area contributed by atoms with Gasteiger partial charge in [0.2, 0.25) is 0 Å². The topological polar surface area (TPSA) is 49.3 Å². The van der Waals surface area contributed by atoms with Gasteiger partial charge in [-0.1, -0.05) is 25.1 Å². The molecular weight excluding hydrogens is 347 g/mol. The molecular formula is C20H27FN4S. The van der Waals surface area contributed by atoms with Crippen molar-refractivity contribution in [2.75, 3.05) is 19.6 Å². The van der Waals surface area contributed by atoms with Gasteiger partial charge in [0.15, 0.2) is 5.96 Å². The molecule has 0 atom stereocenters. The van der Waals surface area contributed by atoms with Crippen LogP contribution in [0, 0.1) is 5.82 Å². The number of aryl methyl sites for hydroxylation is 1. The minimum atomic E-state index is -0.126. The molecule has 2 aromatic rings. The monoisotopic (exact) mass is 374 g/mol. The molecule has 0 unspecified atom stereocenters. The van der Waals surface area contributed by atoms with Gasteiger partial charge < -0.3 is 10.6 Å². The normalized spacial score (nSPS) is 15.7. The van der Waals surface area contributed by atoms with E-state index in [1.807, 2.05) is 18.3 Å². The summed E-state index contributed by atoms with van der Waals surface area (Å²) in [5.41, 5.74) is 0.674. The summed E-state index contributed by atoms with van der Waals surface area (Å²) in [4.78, 5) is 10.5. The number of thiazole rings is 1. The summed E-state index contributed by atoms with van der Waals surface area (Å²) in [6, 6.07) is 7.09. The van der Waals surface area contributed by atoms with E-state index in [9.17, 15) is 4.39 Å². The molecule has 1 saturated carbocycles. The Balaban J connectivity index is 1.58. The van der Waals surface area contributed by atoms with E-state index in [-0.39, 0.29) is 11.2 Å². The third-order valence-corrected chi connectivity index (χ3v) is 5.97. The first-order chi connectivity index (χ1) is 12.7. The summed E-state index contributed by atoms with van der Waals surface area (Å²) in [5, 5.41) is 7.80. The Kier molecular flexibility index (Phi) is 6.25. The van der Waals surface area contributed by atoms with E-state index >= 15 is 0 Å². The van der Waals surface area contributed by atoms with Gasteiger partial charge in [0.25, 0.3) is 0 Å². The number of nitrogens with one attached hydrogen (secondary N) is 2. The number of aliphatic imine (C=N–C) groups is 1. The smallest absolute Gasteiger partial charge is 0.191 e. The van der Waals surface area contributed by atoms with Crippen LogP contribution in [-0.4, -0.2) is 30.6 Å². The van der Waals surface area contributed by atoms with E-state index in [1.165, 1.54) is 4.88 Å². The second-order valence-corrected chi connectivity index (χ2v) is 7.91. The van der Waals surface area contributed by atoms with Gasteiger partial charge in [-0.05, 0) is 37.8 Å². The van der Waals surface area contributed by atoms with Crippen LogP contribution in [0.5, 0.6) is 0 Å². The van der Waals surface area contributed by atoms with Crippen molar-refractivity contribution in [3.05, 3.63) is 51.7 Å². The highest BCUT2D eigenvalue weighted by Gasteiger charge is 2.45. The summed E-state index contributed by atoms with van der Waals surface area (Å²) in [5.74, 6) is 0.677. The molecule has 1 heterocycles. The third kappa shape index (κ3) is 4.61. The molecule has 0 aliphatic heterocycles. The standard InChI is InChI=1S/C20H27FN4S/c1-3-15-13-24-18(26-15)9-12-23-19(22-4-2)25-14-20(10-11-20)16-7-5-6-8-17(16)21/h5-8,13H,3-4,9-12,14H2,1-2H3,(H2,22,23,25). The fourth-order valence-corrected chi connectivity index (χ4v) is 3.90. The third-order valence-electron chi connectivity index (χ3n) is 4.76. The van der Waals surface area contributed by atoms with Gasteiger partial charge in [-0.2, -0.15) is 0 Å². The molecule has 2 N–H and O–H groups in total. The number of benzene rings is 1. The highest BCUT2D eigenvalue weighted by molar-refractivity contribution is 7.11. The Labute approximate surface area is 159 Å². The van der Waals surface area contributed by atoms with E-state index in [1.54, 1.807) is 23.5 Å². The van der Waals surface area contributed by atoms with Crippen LogP contribution in [0.2, 0.25) is 0 Å². The van der Waals surface area contributed by atoms with Crippen LogP contribution in [0.25, 0.3) is 0 Å². The number of halogens is 1. The van der Waals surface area contributed by atoms with Gasteiger partial charge in [0.1, 0.15) is 5.82 Å². The van der Waals surface area contributed by atoms with Crippen molar-refractivity contribution < 1.29 is 4.39 Å². The van der Waals surface area contributed by atoms with Crippen LogP contribution in [0.3, 0.4) is 0 Å². The first-order valence-electron chi connectivity index (χ1n) is 9.37. The molecule has 3 rings (SSSR count). The minimum absolute atomic E-state index is 0.117. The Morgan fingerprint density at radius 1 is 1.27 bits per heavy atom. The van der Waals surface area contributed by atoms with Crippen molar-refractivity contribution in [1.82, 2.24) is 15.6 Å². The number of rotatable bonds is 8. The zero-order valence-electron chi connectivity index (χ0n) is 15.5. The Morgan fingerprint density at radius 3 is 2.73 bits per heavy atom. The van der Waals surface area contributed by atoms with E-state index < -0.39 is 0 Å². The maximum absolute atomic E-state index is 14.1. The molecule has 1 aromatic heterocycles. The molecule has 4 nitrogen and oxygen atoms in total. The maximum Gasteiger partial charge on any atom is 0.191 e. The van der Waals surface area contributed by atoms with Gasteiger partial charge in [-0.25, -0.2) is 9.37 Å². The largest absolute Gasteiger partial charge is 0.357 e. The fraction of sp³-hybridized carbons (Fsp3) is 0.500. The minimum Gasteiger partial charge on any atom is -0.357 e. The molecule has 1 fully saturated rings. The van der Waals surface area contributed by atoms with Crippen molar-refractivity contribution in [2.24, 2.45) is 4.99 Å². The molecule has 1 aliphatic rings. The van der Waals surface area contributed by atoms with Crippen molar-refractivity contribution in [3.63, 3.8) is 0 Å². The summed E-state index contributed by atoms with van der Waals surface area (Å²) < 4.78 is 14.1. The first-order valence-corrected chi connectivity index (χ1v) is 10.2. The number of aromatic nitrogens is 1. The van der Waals surface area contributed by atoms with Crippen molar-refractivity contribution in [3.8, 4) is 0 Å². The van der Waals surface area contributed by atoms with E-state index in [0.29, 0.717) is 6.54 Å². The Bertz CT molecular complexity index is 752. The number of hydrogen-bond acceptors (Lipinski definition) is 3. The quantitative estimate of drug-likeness (QED) is 0.547. The van der Waals surface area contributed by atoms with Crippen LogP contribution in [0.15, 0.2) is 35.5 Å². The molecule has 26 heavy (non-hydrogen) atoms. The zero-order chi connectivity index (χ0) is 18.4. The summed E-state index contributed by atoms with van der Waals surface area (Å²) >= 11 is 1.77. The van der Waals surface area contributed by atoms with Crippen molar-refractivity contribution in [1.29, 1.82) is 0 Å². The van der Waals surface area contributed by atoms with Gasteiger partial charge in [0, 0.05) is 36.0 Å². The second kappa shape index (κ2) is 8.62. The summed E-state index contributed by atoms with van der Waals surface area (Å²) in [6.45, 7) is 6.40. The summed E-state index contributed by atoms with van der Waals surface area (Å²) in [6.07, 6.45) is 5.87. The Morgan fingerprint density at radius 2 is 2.08 bits per heavy atom. The van der Waals surface area contributed by atoms with Gasteiger partial charge in [0.05, 0.1) is 11.6 Å². The van der Waals surface area contributed by atoms with E-state index in [0.717, 1.165) is 55.3 Å². The van der Waals surface area contributed by atoms with E-state index in [4.69, 9.17) is 4.99 Å². The molecule has 0 bridgehead atoms. The first kappa shape index (κ1) is 18.8. The SMILES string of the molecule is CCNC(=NCC1(c2ccccc2F)CC1)NCCc1ncc(CC)s1. The van der Waals surface area contributed by atoms with Crippen molar-refractivity contribution >= 4 is 17.3 Å². The summed E-state index contributed by atoms with van der Waals surface area (Å²) in [7, 11) is 0. The maximum atomic E-state index is 14.1. The lowest BCUT2D eigenvalue weighted by Gasteiger charge is -2.16. The van der Waals surface area contributed by atoms with Crippen LogP contribution in [0.1, 0.15) is 42.1 Å². The highest BCUT2D eigenvalue weighted by atomic mass is 32.1. The predicted octanol–water partition coefficient (Wildman–Crippen LogP) is 3.67. The van der Waals surface area contributed by atoms with Gasteiger partial charge in [-0.15, -0.1) is 11.3 Å². The van der Waals surface area contributed by atoms with Crippen LogP contribution >= 0.6 is 11.3 Å². The van der Waals surface area contributed by atoms with Gasteiger partial charge >= 0.3 is 0 Å². The number of nitrogens with zero attached hydrogens (tertiary/aromatic N) is 2. The van der Waals surface area contributed by atoms with Crippen LogP contribution in [0.4, 0.5) is 4.39 Å². The van der Waals surface area contributed by atoms with Crippen molar-refractivity contribution in [2.45, 2.75) is 44.9 Å². The molecule has 1 aromatic carbocycles. The lowest BCUT2D eigenvalue weighted by Crippen LogP contribution is -2.39. The second-order valence-electron chi connectivity index (χ2n) is 6.71. The van der Waals surface area contributed by atoms with Gasteiger partial charge in [-0.3, -0.25) is 4.99 Å². The number of guanidine groups is 1. The zero-order valence-corrected chi connectivity index (χ0v) is 16.3. The predicted molar refractivity (Wildman–Crippen MR) is 106 cm³/mol. The number of hydrogen-bond donors (Lipinski definition) is 2. The average molecular weight is 375 g/mol. The average Bonchev–Trinajstić information content (AvgIpc) is 3.29. The molecule has 0 radical (unpaired) electrons.